The maximum absolute atomic E-state index is 5.52. The van der Waals surface area contributed by atoms with Gasteiger partial charge in [-0.05, 0) is 25.3 Å². The van der Waals surface area contributed by atoms with Crippen molar-refractivity contribution in [2.24, 2.45) is 5.92 Å². The summed E-state index contributed by atoms with van der Waals surface area (Å²) in [6.07, 6.45) is 6.78. The zero-order valence-corrected chi connectivity index (χ0v) is 10.8. The molecular weight excluding hydrogens is 202 g/mol. The van der Waals surface area contributed by atoms with Crippen molar-refractivity contribution in [2.45, 2.75) is 45.1 Å². The molecule has 1 rings (SSSR count). The molecule has 0 radical (unpaired) electrons. The van der Waals surface area contributed by atoms with Crippen LogP contribution in [-0.2, 0) is 9.47 Å². The summed E-state index contributed by atoms with van der Waals surface area (Å²) in [5.74, 6) is 0.975. The van der Waals surface area contributed by atoms with Crippen molar-refractivity contribution in [3.8, 4) is 0 Å². The Morgan fingerprint density at radius 1 is 1.25 bits per heavy atom. The van der Waals surface area contributed by atoms with E-state index in [2.05, 4.69) is 12.2 Å². The highest BCUT2D eigenvalue weighted by Crippen LogP contribution is 2.30. The van der Waals surface area contributed by atoms with Gasteiger partial charge in [-0.1, -0.05) is 26.2 Å². The number of hydrogen-bond acceptors (Lipinski definition) is 3. The average molecular weight is 229 g/mol. The molecule has 1 fully saturated rings. The molecule has 3 nitrogen and oxygen atoms in total. The Hall–Kier alpha value is -0.120. The van der Waals surface area contributed by atoms with E-state index in [0.717, 1.165) is 32.1 Å². The Balaban J connectivity index is 2.02. The van der Waals surface area contributed by atoms with E-state index in [9.17, 15) is 0 Å². The Labute approximate surface area is 99.9 Å². The molecule has 3 heteroatoms. The van der Waals surface area contributed by atoms with Crippen molar-refractivity contribution in [3.63, 3.8) is 0 Å². The minimum Gasteiger partial charge on any atom is -0.382 e. The fourth-order valence-corrected chi connectivity index (χ4v) is 2.19. The molecule has 1 aliphatic rings. The van der Waals surface area contributed by atoms with E-state index in [0.29, 0.717) is 12.6 Å². The van der Waals surface area contributed by atoms with E-state index in [-0.39, 0.29) is 0 Å². The van der Waals surface area contributed by atoms with Gasteiger partial charge in [0.25, 0.3) is 0 Å². The molecule has 1 atom stereocenters. The van der Waals surface area contributed by atoms with Crippen molar-refractivity contribution in [2.75, 3.05) is 33.5 Å². The van der Waals surface area contributed by atoms with Crippen LogP contribution in [0.5, 0.6) is 0 Å². The third-order valence-electron chi connectivity index (χ3n) is 3.38. The predicted molar refractivity (Wildman–Crippen MR) is 66.7 cm³/mol. The smallest absolute Gasteiger partial charge is 0.0700 e. The van der Waals surface area contributed by atoms with Gasteiger partial charge in [0.05, 0.1) is 13.2 Å². The van der Waals surface area contributed by atoms with Gasteiger partial charge < -0.3 is 14.8 Å². The standard InChI is InChI=1S/C13H27NO2/c1-3-14-13(11-12-5-4-6-12)7-8-16-10-9-15-2/h12-14H,3-11H2,1-2H3. The van der Waals surface area contributed by atoms with Crippen LogP contribution >= 0.6 is 0 Å². The lowest BCUT2D eigenvalue weighted by atomic mass is 9.80. The Morgan fingerprint density at radius 2 is 2.06 bits per heavy atom. The van der Waals surface area contributed by atoms with Crippen LogP contribution in [0.25, 0.3) is 0 Å². The minimum absolute atomic E-state index is 0.651. The van der Waals surface area contributed by atoms with Gasteiger partial charge in [-0.2, -0.15) is 0 Å². The lowest BCUT2D eigenvalue weighted by Crippen LogP contribution is -2.33. The Kier molecular flexibility index (Phi) is 7.81. The van der Waals surface area contributed by atoms with Crippen molar-refractivity contribution >= 4 is 0 Å². The molecule has 1 saturated carbocycles. The second-order valence-corrected chi connectivity index (χ2v) is 4.68. The molecule has 0 aromatic rings. The molecule has 96 valence electrons. The summed E-state index contributed by atoms with van der Waals surface area (Å²) >= 11 is 0. The van der Waals surface area contributed by atoms with Crippen LogP contribution in [0.3, 0.4) is 0 Å². The second-order valence-electron chi connectivity index (χ2n) is 4.68. The van der Waals surface area contributed by atoms with Gasteiger partial charge in [0.1, 0.15) is 0 Å². The Bertz CT molecular complexity index is 160. The summed E-state index contributed by atoms with van der Waals surface area (Å²) in [4.78, 5) is 0. The van der Waals surface area contributed by atoms with Crippen LogP contribution in [0, 0.1) is 5.92 Å². The van der Waals surface area contributed by atoms with Gasteiger partial charge in [-0.3, -0.25) is 0 Å². The van der Waals surface area contributed by atoms with Crippen LogP contribution in [0.2, 0.25) is 0 Å². The first kappa shape index (κ1) is 13.9. The van der Waals surface area contributed by atoms with Crippen LogP contribution < -0.4 is 5.32 Å². The van der Waals surface area contributed by atoms with E-state index in [1.54, 1.807) is 7.11 Å². The van der Waals surface area contributed by atoms with E-state index < -0.39 is 0 Å². The maximum atomic E-state index is 5.52. The first-order valence-electron chi connectivity index (χ1n) is 6.66. The molecule has 1 N–H and O–H groups in total. The minimum atomic E-state index is 0.651. The Morgan fingerprint density at radius 3 is 2.62 bits per heavy atom. The molecule has 1 aliphatic carbocycles. The van der Waals surface area contributed by atoms with Crippen LogP contribution in [0.15, 0.2) is 0 Å². The van der Waals surface area contributed by atoms with Crippen molar-refractivity contribution in [1.82, 2.24) is 5.32 Å². The molecule has 0 spiro atoms. The van der Waals surface area contributed by atoms with E-state index in [4.69, 9.17) is 9.47 Å². The average Bonchev–Trinajstić information content (AvgIpc) is 2.23. The second kappa shape index (κ2) is 8.97. The first-order chi connectivity index (χ1) is 7.86. The number of methoxy groups -OCH3 is 1. The van der Waals surface area contributed by atoms with Crippen molar-refractivity contribution < 1.29 is 9.47 Å². The quantitative estimate of drug-likeness (QED) is 0.583. The largest absolute Gasteiger partial charge is 0.382 e. The lowest BCUT2D eigenvalue weighted by Gasteiger charge is -2.30. The molecular formula is C13H27NO2. The van der Waals surface area contributed by atoms with Crippen LogP contribution in [-0.4, -0.2) is 39.5 Å². The fraction of sp³-hybridized carbons (Fsp3) is 1.00. The van der Waals surface area contributed by atoms with E-state index in [1.165, 1.54) is 25.7 Å². The fourth-order valence-electron chi connectivity index (χ4n) is 2.19. The molecule has 1 unspecified atom stereocenters. The SMILES string of the molecule is CCNC(CCOCCOC)CC1CCC1. The van der Waals surface area contributed by atoms with Crippen LogP contribution in [0.4, 0.5) is 0 Å². The number of ether oxygens (including phenoxy) is 2. The summed E-state index contributed by atoms with van der Waals surface area (Å²) in [7, 11) is 1.71. The van der Waals surface area contributed by atoms with Gasteiger partial charge in [0, 0.05) is 19.8 Å². The van der Waals surface area contributed by atoms with Gasteiger partial charge in [-0.25, -0.2) is 0 Å². The summed E-state index contributed by atoms with van der Waals surface area (Å²) in [6.45, 7) is 5.52. The molecule has 0 amide bonds. The molecule has 0 aromatic heterocycles. The zero-order valence-electron chi connectivity index (χ0n) is 10.8. The third kappa shape index (κ3) is 5.83. The molecule has 0 bridgehead atoms. The molecule has 0 aromatic carbocycles. The number of rotatable bonds is 10. The topological polar surface area (TPSA) is 30.5 Å². The van der Waals surface area contributed by atoms with Gasteiger partial charge in [-0.15, -0.1) is 0 Å². The summed E-state index contributed by atoms with van der Waals surface area (Å²) in [5.41, 5.74) is 0. The lowest BCUT2D eigenvalue weighted by molar-refractivity contribution is 0.0638. The molecule has 0 aliphatic heterocycles. The number of hydrogen-bond donors (Lipinski definition) is 1. The first-order valence-corrected chi connectivity index (χ1v) is 6.66. The highest BCUT2D eigenvalue weighted by atomic mass is 16.5. The van der Waals surface area contributed by atoms with Crippen molar-refractivity contribution in [3.05, 3.63) is 0 Å². The zero-order chi connectivity index (χ0) is 11.6. The molecule has 0 heterocycles. The highest BCUT2D eigenvalue weighted by molar-refractivity contribution is 4.77. The van der Waals surface area contributed by atoms with Gasteiger partial charge >= 0.3 is 0 Å². The number of nitrogens with one attached hydrogen (secondary N) is 1. The molecule has 16 heavy (non-hydrogen) atoms. The highest BCUT2D eigenvalue weighted by Gasteiger charge is 2.21. The summed E-state index contributed by atoms with van der Waals surface area (Å²) in [6, 6.07) is 0.651. The summed E-state index contributed by atoms with van der Waals surface area (Å²) < 4.78 is 10.5. The summed E-state index contributed by atoms with van der Waals surface area (Å²) in [5, 5.41) is 3.56. The maximum Gasteiger partial charge on any atom is 0.0700 e. The molecule has 0 saturated heterocycles. The monoisotopic (exact) mass is 229 g/mol. The van der Waals surface area contributed by atoms with Crippen LogP contribution in [0.1, 0.15) is 39.0 Å². The normalized spacial score (nSPS) is 18.4. The van der Waals surface area contributed by atoms with Crippen molar-refractivity contribution in [1.29, 1.82) is 0 Å². The predicted octanol–water partition coefficient (Wildman–Crippen LogP) is 2.21. The van der Waals surface area contributed by atoms with Gasteiger partial charge in [0.15, 0.2) is 0 Å². The van der Waals surface area contributed by atoms with E-state index >= 15 is 0 Å². The van der Waals surface area contributed by atoms with Gasteiger partial charge in [0.2, 0.25) is 0 Å². The van der Waals surface area contributed by atoms with E-state index in [1.807, 2.05) is 0 Å². The third-order valence-corrected chi connectivity index (χ3v) is 3.38.